The summed E-state index contributed by atoms with van der Waals surface area (Å²) in [6.07, 6.45) is 0.489. The van der Waals surface area contributed by atoms with Gasteiger partial charge in [0.05, 0.1) is 0 Å². The fourth-order valence-electron chi connectivity index (χ4n) is 0.516. The zero-order chi connectivity index (χ0) is 8.41. The summed E-state index contributed by atoms with van der Waals surface area (Å²) in [5.41, 5.74) is 0. The summed E-state index contributed by atoms with van der Waals surface area (Å²) in [4.78, 5) is -2.15. The predicted molar refractivity (Wildman–Crippen MR) is 38.2 cm³/mol. The minimum absolute atomic E-state index is 0.000386. The van der Waals surface area contributed by atoms with Gasteiger partial charge in [-0.3, -0.25) is 0 Å². The third-order valence-corrected chi connectivity index (χ3v) is 1.66. The normalized spacial score (nSPS) is 18.6. The molecule has 0 aromatic carbocycles. The molecule has 0 aliphatic heterocycles. The van der Waals surface area contributed by atoms with Crippen LogP contribution in [0.15, 0.2) is 0 Å². The van der Waals surface area contributed by atoms with Crippen LogP contribution in [0.25, 0.3) is 0 Å². The fraction of sp³-hybridized carbons (Fsp3) is 1.00. The molecule has 0 spiro atoms. The second-order valence-electron chi connectivity index (χ2n) is 2.20. The molecule has 0 rings (SSSR count). The molecule has 1 unspecified atom stereocenters. The van der Waals surface area contributed by atoms with Crippen molar-refractivity contribution in [2.75, 3.05) is 0 Å². The lowest BCUT2D eigenvalue weighted by Crippen LogP contribution is -2.50. The van der Waals surface area contributed by atoms with E-state index in [1.54, 1.807) is 6.92 Å². The lowest BCUT2D eigenvalue weighted by atomic mass is 10.2. The molecule has 1 atom stereocenters. The Hall–Kier alpha value is 0.190. The number of rotatable bonds is 3. The van der Waals surface area contributed by atoms with E-state index in [0.717, 1.165) is 0 Å². The molecule has 0 aliphatic rings. The van der Waals surface area contributed by atoms with Gasteiger partial charge in [0.15, 0.2) is 4.93 Å². The molecule has 62 valence electrons. The van der Waals surface area contributed by atoms with Crippen molar-refractivity contribution in [3.63, 3.8) is 0 Å². The van der Waals surface area contributed by atoms with E-state index >= 15 is 0 Å². The largest absolute Gasteiger partial charge is 0.372 e. The van der Waals surface area contributed by atoms with Gasteiger partial charge in [-0.1, -0.05) is 13.3 Å². The first-order valence-corrected chi connectivity index (χ1v) is 3.38. The van der Waals surface area contributed by atoms with Crippen LogP contribution in [0.4, 0.5) is 0 Å². The summed E-state index contributed by atoms with van der Waals surface area (Å²) in [7, 11) is 0. The van der Waals surface area contributed by atoms with Crippen LogP contribution in [-0.2, 0) is 0 Å². The van der Waals surface area contributed by atoms with E-state index in [-0.39, 0.29) is 6.42 Å². The van der Waals surface area contributed by atoms with E-state index in [1.807, 2.05) is 0 Å². The van der Waals surface area contributed by atoms with Crippen LogP contribution in [0.5, 0.6) is 0 Å². The molecule has 0 aliphatic carbocycles. The molecule has 4 N–H and O–H groups in total. The Morgan fingerprint density at radius 2 is 1.60 bits per heavy atom. The average Bonchev–Trinajstić information content (AvgIpc) is 1.61. The monoisotopic (exact) mass is 168 g/mol. The average molecular weight is 168 g/mol. The van der Waals surface area contributed by atoms with Gasteiger partial charge in [0.2, 0.25) is 0 Å². The second kappa shape index (κ2) is 3.06. The van der Waals surface area contributed by atoms with Gasteiger partial charge in [0.25, 0.3) is 0 Å². The fourth-order valence-corrected chi connectivity index (χ4v) is 0.740. The van der Waals surface area contributed by atoms with Crippen molar-refractivity contribution in [1.82, 2.24) is 0 Å². The first kappa shape index (κ1) is 10.2. The molecular weight excluding hydrogens is 156 g/mol. The van der Waals surface area contributed by atoms with E-state index < -0.39 is 10.9 Å². The zero-order valence-electron chi connectivity index (χ0n) is 5.65. The summed E-state index contributed by atoms with van der Waals surface area (Å²) >= 11 is 3.45. The van der Waals surface area contributed by atoms with E-state index in [4.69, 9.17) is 20.4 Å². The minimum Gasteiger partial charge on any atom is -0.372 e. The number of hydrogen-bond donors (Lipinski definition) is 5. The maximum Gasteiger partial charge on any atom is 0.315 e. The van der Waals surface area contributed by atoms with Crippen molar-refractivity contribution in [2.45, 2.75) is 30.7 Å². The van der Waals surface area contributed by atoms with Crippen molar-refractivity contribution in [3.05, 3.63) is 0 Å². The molecule has 0 heterocycles. The van der Waals surface area contributed by atoms with Crippen LogP contribution in [0.1, 0.15) is 19.8 Å². The van der Waals surface area contributed by atoms with Gasteiger partial charge in [-0.2, -0.15) is 0 Å². The topological polar surface area (TPSA) is 80.9 Å². The molecule has 0 bridgehead atoms. The second-order valence-corrected chi connectivity index (χ2v) is 2.94. The van der Waals surface area contributed by atoms with Crippen LogP contribution in [0.3, 0.4) is 0 Å². The van der Waals surface area contributed by atoms with Gasteiger partial charge in [-0.15, -0.1) is 12.6 Å². The van der Waals surface area contributed by atoms with Crippen LogP contribution in [0, 0.1) is 0 Å². The lowest BCUT2D eigenvalue weighted by Gasteiger charge is -2.30. The highest BCUT2D eigenvalue weighted by atomic mass is 32.1. The van der Waals surface area contributed by atoms with Gasteiger partial charge < -0.3 is 20.4 Å². The van der Waals surface area contributed by atoms with Gasteiger partial charge in [-0.25, -0.2) is 0 Å². The Morgan fingerprint density at radius 1 is 1.20 bits per heavy atom. The van der Waals surface area contributed by atoms with Crippen molar-refractivity contribution >= 4 is 12.6 Å². The Labute approximate surface area is 64.5 Å². The van der Waals surface area contributed by atoms with Crippen LogP contribution in [-0.4, -0.2) is 31.3 Å². The molecule has 0 fully saturated rings. The molecule has 0 radical (unpaired) electrons. The Kier molecular flexibility index (Phi) is 3.12. The number of aliphatic hydroxyl groups is 4. The molecule has 10 heavy (non-hydrogen) atoms. The number of hydrogen-bond acceptors (Lipinski definition) is 5. The number of thiol groups is 1. The highest BCUT2D eigenvalue weighted by molar-refractivity contribution is 7.81. The maximum absolute atomic E-state index is 8.97. The van der Waals surface area contributed by atoms with Crippen LogP contribution in [0.2, 0.25) is 0 Å². The molecule has 0 aromatic rings. The highest BCUT2D eigenvalue weighted by Crippen LogP contribution is 2.26. The summed E-state index contributed by atoms with van der Waals surface area (Å²) in [6, 6.07) is 0. The summed E-state index contributed by atoms with van der Waals surface area (Å²) in [6.45, 7) is 1.72. The molecule has 0 saturated carbocycles. The van der Waals surface area contributed by atoms with E-state index in [1.165, 1.54) is 0 Å². The van der Waals surface area contributed by atoms with Crippen LogP contribution >= 0.6 is 12.6 Å². The molecule has 4 nitrogen and oxygen atoms in total. The molecule has 0 saturated heterocycles. The van der Waals surface area contributed by atoms with Crippen molar-refractivity contribution in [2.24, 2.45) is 0 Å². The Morgan fingerprint density at radius 3 is 1.70 bits per heavy atom. The van der Waals surface area contributed by atoms with Crippen molar-refractivity contribution < 1.29 is 20.4 Å². The van der Waals surface area contributed by atoms with Gasteiger partial charge in [0.1, 0.15) is 0 Å². The molecule has 0 amide bonds. The smallest absolute Gasteiger partial charge is 0.315 e. The molecular formula is C5H12O4S. The quantitative estimate of drug-likeness (QED) is 0.277. The standard InChI is InChI=1S/C5H12O4S/c1-2-3-4(6,10)5(7,8)9/h6-10H,2-3H2,1H3. The summed E-state index contributed by atoms with van der Waals surface area (Å²) in [5.74, 6) is -3.13. The molecule has 5 heteroatoms. The zero-order valence-corrected chi connectivity index (χ0v) is 6.54. The SMILES string of the molecule is CCCC(O)(S)C(O)(O)O. The van der Waals surface area contributed by atoms with Gasteiger partial charge in [-0.05, 0) is 6.42 Å². The lowest BCUT2D eigenvalue weighted by molar-refractivity contribution is -0.366. The maximum atomic E-state index is 8.97. The van der Waals surface area contributed by atoms with E-state index in [2.05, 4.69) is 12.6 Å². The van der Waals surface area contributed by atoms with Crippen molar-refractivity contribution in [3.8, 4) is 0 Å². The van der Waals surface area contributed by atoms with Crippen molar-refractivity contribution in [1.29, 1.82) is 0 Å². The summed E-state index contributed by atoms with van der Waals surface area (Å²) in [5, 5.41) is 34.3. The van der Waals surface area contributed by atoms with Crippen LogP contribution < -0.4 is 0 Å². The minimum atomic E-state index is -3.13. The predicted octanol–water partition coefficient (Wildman–Crippen LogP) is -0.964. The third kappa shape index (κ3) is 2.43. The Balaban J connectivity index is 4.10. The first-order chi connectivity index (χ1) is 4.31. The highest BCUT2D eigenvalue weighted by Gasteiger charge is 2.43. The molecule has 0 aromatic heterocycles. The van der Waals surface area contributed by atoms with Gasteiger partial charge >= 0.3 is 5.97 Å². The first-order valence-electron chi connectivity index (χ1n) is 2.93. The summed E-state index contributed by atoms with van der Waals surface area (Å²) < 4.78 is 0. The van der Waals surface area contributed by atoms with Gasteiger partial charge in [0, 0.05) is 0 Å². The third-order valence-electron chi connectivity index (χ3n) is 1.14. The van der Waals surface area contributed by atoms with E-state index in [0.29, 0.717) is 6.42 Å². The Bertz CT molecular complexity index is 107. The van der Waals surface area contributed by atoms with E-state index in [9.17, 15) is 0 Å².